The Balaban J connectivity index is 1.60. The summed E-state index contributed by atoms with van der Waals surface area (Å²) in [6.45, 7) is 2.65. The first-order valence-corrected chi connectivity index (χ1v) is 9.46. The van der Waals surface area contributed by atoms with E-state index in [0.717, 1.165) is 47.6 Å². The SMILES string of the molecule is CCC(=O)N1CCCc2cc(NC(=O)CCc3ccc(OC)cc3)ccc21. The van der Waals surface area contributed by atoms with Crippen LogP contribution in [0.5, 0.6) is 5.75 Å². The minimum atomic E-state index is -0.0110. The van der Waals surface area contributed by atoms with Crippen molar-refractivity contribution in [3.8, 4) is 5.75 Å². The van der Waals surface area contributed by atoms with E-state index in [1.165, 1.54) is 0 Å². The molecule has 0 fully saturated rings. The Bertz CT molecular complexity index is 815. The van der Waals surface area contributed by atoms with E-state index < -0.39 is 0 Å². The molecule has 5 heteroatoms. The van der Waals surface area contributed by atoms with E-state index in [4.69, 9.17) is 4.74 Å². The van der Waals surface area contributed by atoms with E-state index in [0.29, 0.717) is 19.3 Å². The number of benzene rings is 2. The number of fused-ring (bicyclic) bond motifs is 1. The van der Waals surface area contributed by atoms with Gasteiger partial charge in [0.15, 0.2) is 0 Å². The number of ether oxygens (including phenoxy) is 1. The number of carbonyl (C=O) groups excluding carboxylic acids is 2. The molecule has 0 saturated heterocycles. The second kappa shape index (κ2) is 8.71. The maximum Gasteiger partial charge on any atom is 0.226 e. The van der Waals surface area contributed by atoms with Crippen molar-refractivity contribution in [1.29, 1.82) is 0 Å². The van der Waals surface area contributed by atoms with Crippen molar-refractivity contribution in [1.82, 2.24) is 0 Å². The molecule has 5 nitrogen and oxygen atoms in total. The van der Waals surface area contributed by atoms with Crippen LogP contribution in [0.4, 0.5) is 11.4 Å². The van der Waals surface area contributed by atoms with Crippen LogP contribution in [0.2, 0.25) is 0 Å². The molecule has 1 heterocycles. The van der Waals surface area contributed by atoms with Crippen LogP contribution in [0.3, 0.4) is 0 Å². The molecule has 1 aliphatic heterocycles. The largest absolute Gasteiger partial charge is 0.497 e. The fraction of sp³-hybridized carbons (Fsp3) is 0.364. The zero-order chi connectivity index (χ0) is 19.2. The van der Waals surface area contributed by atoms with Crippen LogP contribution < -0.4 is 15.0 Å². The summed E-state index contributed by atoms with van der Waals surface area (Å²) in [5.41, 5.74) is 3.99. The molecule has 2 amide bonds. The first-order chi connectivity index (χ1) is 13.1. The van der Waals surface area contributed by atoms with E-state index >= 15 is 0 Å². The molecule has 2 aromatic carbocycles. The molecular weight excluding hydrogens is 340 g/mol. The predicted molar refractivity (Wildman–Crippen MR) is 107 cm³/mol. The maximum atomic E-state index is 12.3. The van der Waals surface area contributed by atoms with Gasteiger partial charge in [-0.25, -0.2) is 0 Å². The van der Waals surface area contributed by atoms with Gasteiger partial charge < -0.3 is 15.0 Å². The summed E-state index contributed by atoms with van der Waals surface area (Å²) >= 11 is 0. The van der Waals surface area contributed by atoms with Gasteiger partial charge in [-0.2, -0.15) is 0 Å². The molecule has 0 saturated carbocycles. The average molecular weight is 366 g/mol. The van der Waals surface area contributed by atoms with Crippen molar-refractivity contribution in [2.45, 2.75) is 39.0 Å². The van der Waals surface area contributed by atoms with Gasteiger partial charge in [-0.1, -0.05) is 19.1 Å². The molecule has 2 aromatic rings. The molecule has 0 radical (unpaired) electrons. The van der Waals surface area contributed by atoms with Crippen LogP contribution in [0, 0.1) is 0 Å². The molecule has 0 unspecified atom stereocenters. The summed E-state index contributed by atoms with van der Waals surface area (Å²) in [7, 11) is 1.64. The number of carbonyl (C=O) groups is 2. The number of anilines is 2. The third-order valence-electron chi connectivity index (χ3n) is 4.89. The molecule has 0 bridgehead atoms. The Kier molecular flexibility index (Phi) is 6.12. The second-order valence-corrected chi connectivity index (χ2v) is 6.74. The lowest BCUT2D eigenvalue weighted by atomic mass is 10.0. The molecule has 0 aromatic heterocycles. The number of rotatable bonds is 6. The van der Waals surface area contributed by atoms with E-state index in [9.17, 15) is 9.59 Å². The zero-order valence-electron chi connectivity index (χ0n) is 16.0. The summed E-state index contributed by atoms with van der Waals surface area (Å²) in [6.07, 6.45) is 3.48. The monoisotopic (exact) mass is 366 g/mol. The minimum Gasteiger partial charge on any atom is -0.497 e. The summed E-state index contributed by atoms with van der Waals surface area (Å²) in [6, 6.07) is 13.6. The van der Waals surface area contributed by atoms with Crippen molar-refractivity contribution in [2.24, 2.45) is 0 Å². The van der Waals surface area contributed by atoms with E-state index in [1.807, 2.05) is 54.3 Å². The second-order valence-electron chi connectivity index (χ2n) is 6.74. The van der Waals surface area contributed by atoms with Gasteiger partial charge in [0.05, 0.1) is 7.11 Å². The molecule has 0 spiro atoms. The Morgan fingerprint density at radius 3 is 2.63 bits per heavy atom. The van der Waals surface area contributed by atoms with Gasteiger partial charge in [0, 0.05) is 30.8 Å². The number of nitrogens with one attached hydrogen (secondary N) is 1. The lowest BCUT2D eigenvalue weighted by molar-refractivity contribution is -0.118. The highest BCUT2D eigenvalue weighted by Crippen LogP contribution is 2.30. The normalized spacial score (nSPS) is 13.0. The van der Waals surface area contributed by atoms with Gasteiger partial charge in [0.1, 0.15) is 5.75 Å². The molecule has 0 atom stereocenters. The Morgan fingerprint density at radius 1 is 1.15 bits per heavy atom. The van der Waals surface area contributed by atoms with Gasteiger partial charge in [0.25, 0.3) is 0 Å². The van der Waals surface area contributed by atoms with Crippen LogP contribution in [0.1, 0.15) is 37.3 Å². The fourth-order valence-electron chi connectivity index (χ4n) is 3.40. The highest BCUT2D eigenvalue weighted by Gasteiger charge is 2.21. The number of nitrogens with zero attached hydrogens (tertiary/aromatic N) is 1. The first kappa shape index (κ1) is 19.0. The lowest BCUT2D eigenvalue weighted by Gasteiger charge is -2.29. The smallest absolute Gasteiger partial charge is 0.226 e. The minimum absolute atomic E-state index is 0.0110. The van der Waals surface area contributed by atoms with Crippen LogP contribution in [0.25, 0.3) is 0 Å². The highest BCUT2D eigenvalue weighted by atomic mass is 16.5. The molecule has 3 rings (SSSR count). The van der Waals surface area contributed by atoms with Crippen LogP contribution in [-0.2, 0) is 22.4 Å². The standard InChI is InChI=1S/C22H26N2O3/c1-3-22(26)24-14-4-5-17-15-18(9-12-20(17)24)23-21(25)13-8-16-6-10-19(27-2)11-7-16/h6-7,9-12,15H,3-5,8,13-14H2,1-2H3,(H,23,25). The number of methoxy groups -OCH3 is 1. The van der Waals surface area contributed by atoms with Gasteiger partial charge in [0.2, 0.25) is 11.8 Å². The number of hydrogen-bond donors (Lipinski definition) is 1. The molecule has 0 aliphatic carbocycles. The van der Waals surface area contributed by atoms with Crippen LogP contribution in [-0.4, -0.2) is 25.5 Å². The summed E-state index contributed by atoms with van der Waals surface area (Å²) in [4.78, 5) is 26.3. The van der Waals surface area contributed by atoms with E-state index in [2.05, 4.69) is 5.32 Å². The Labute approximate surface area is 160 Å². The average Bonchev–Trinajstić information content (AvgIpc) is 2.71. The summed E-state index contributed by atoms with van der Waals surface area (Å²) < 4.78 is 5.14. The Morgan fingerprint density at radius 2 is 1.93 bits per heavy atom. The quantitative estimate of drug-likeness (QED) is 0.842. The molecule has 1 aliphatic rings. The maximum absolute atomic E-state index is 12.3. The van der Waals surface area contributed by atoms with Crippen molar-refractivity contribution in [2.75, 3.05) is 23.9 Å². The van der Waals surface area contributed by atoms with Gasteiger partial charge in [-0.05, 0) is 60.7 Å². The summed E-state index contributed by atoms with van der Waals surface area (Å²) in [5, 5.41) is 2.98. The predicted octanol–water partition coefficient (Wildman–Crippen LogP) is 3.96. The molecule has 1 N–H and O–H groups in total. The Hall–Kier alpha value is -2.82. The number of aryl methyl sites for hydroxylation is 2. The van der Waals surface area contributed by atoms with E-state index in [1.54, 1.807) is 7.11 Å². The lowest BCUT2D eigenvalue weighted by Crippen LogP contribution is -2.34. The van der Waals surface area contributed by atoms with Crippen molar-refractivity contribution >= 4 is 23.2 Å². The number of amides is 2. The van der Waals surface area contributed by atoms with Crippen LogP contribution in [0.15, 0.2) is 42.5 Å². The topological polar surface area (TPSA) is 58.6 Å². The van der Waals surface area contributed by atoms with Crippen molar-refractivity contribution < 1.29 is 14.3 Å². The van der Waals surface area contributed by atoms with Crippen molar-refractivity contribution in [3.63, 3.8) is 0 Å². The fourth-order valence-corrected chi connectivity index (χ4v) is 3.40. The molecule has 27 heavy (non-hydrogen) atoms. The van der Waals surface area contributed by atoms with Crippen LogP contribution >= 0.6 is 0 Å². The van der Waals surface area contributed by atoms with Crippen molar-refractivity contribution in [3.05, 3.63) is 53.6 Å². The molecular formula is C22H26N2O3. The van der Waals surface area contributed by atoms with Gasteiger partial charge >= 0.3 is 0 Å². The van der Waals surface area contributed by atoms with Gasteiger partial charge in [-0.3, -0.25) is 9.59 Å². The zero-order valence-corrected chi connectivity index (χ0v) is 16.0. The third-order valence-corrected chi connectivity index (χ3v) is 4.89. The highest BCUT2D eigenvalue weighted by molar-refractivity contribution is 5.95. The third kappa shape index (κ3) is 4.67. The summed E-state index contributed by atoms with van der Waals surface area (Å²) in [5.74, 6) is 0.947. The first-order valence-electron chi connectivity index (χ1n) is 9.46. The van der Waals surface area contributed by atoms with E-state index in [-0.39, 0.29) is 11.8 Å². The van der Waals surface area contributed by atoms with Gasteiger partial charge in [-0.15, -0.1) is 0 Å². The molecule has 142 valence electrons. The number of hydrogen-bond acceptors (Lipinski definition) is 3.